The molecule has 2 N–H and O–H groups in total. The van der Waals surface area contributed by atoms with E-state index in [4.69, 9.17) is 30.2 Å². The zero-order chi connectivity index (χ0) is 9.42. The first-order valence-electron chi connectivity index (χ1n) is 4.31. The van der Waals surface area contributed by atoms with Gasteiger partial charge in [0.2, 0.25) is 0 Å². The van der Waals surface area contributed by atoms with Crippen molar-refractivity contribution in [3.05, 3.63) is 12.2 Å². The average molecular weight is 229 g/mol. The fourth-order valence-electron chi connectivity index (χ4n) is 2.00. The molecule has 3 unspecified atom stereocenters. The molecule has 3 atom stereocenters. The molecule has 70 valence electrons. The van der Waals surface area contributed by atoms with Gasteiger partial charge in [-0.3, -0.25) is 0 Å². The number of allylic oxidation sites excluding steroid dienone is 2. The van der Waals surface area contributed by atoms with Crippen LogP contribution in [0, 0.1) is 11.8 Å². The van der Waals surface area contributed by atoms with Crippen LogP contribution in [0.15, 0.2) is 12.2 Å². The quantitative estimate of drug-likeness (QED) is 0.695. The van der Waals surface area contributed by atoms with Gasteiger partial charge in [0.1, 0.15) is 0 Å². The highest BCUT2D eigenvalue weighted by Gasteiger charge is 2.40. The summed E-state index contributed by atoms with van der Waals surface area (Å²) in [6.07, 6.45) is 5.31. The first-order valence-corrected chi connectivity index (χ1v) is 6.18. The molecule has 1 aliphatic heterocycles. The molecular weight excluding hydrogens is 218 g/mol. The van der Waals surface area contributed by atoms with Gasteiger partial charge in [-0.2, -0.15) is 11.8 Å². The van der Waals surface area contributed by atoms with Crippen molar-refractivity contribution in [3.63, 3.8) is 0 Å². The molecule has 1 fully saturated rings. The molecule has 0 aromatic carbocycles. The highest BCUT2D eigenvalue weighted by Crippen LogP contribution is 2.42. The van der Waals surface area contributed by atoms with E-state index in [-0.39, 0.29) is 0 Å². The van der Waals surface area contributed by atoms with Gasteiger partial charge in [0.05, 0.1) is 10.2 Å². The van der Waals surface area contributed by atoms with Crippen molar-refractivity contribution in [2.45, 2.75) is 11.7 Å². The largest absolute Gasteiger partial charge is 0.392 e. The van der Waals surface area contributed by atoms with Gasteiger partial charge in [-0.05, 0) is 12.3 Å². The third-order valence-electron chi connectivity index (χ3n) is 2.70. The number of nitrogens with two attached hydrogens (primary N) is 1. The predicted molar refractivity (Wildman–Crippen MR) is 66.4 cm³/mol. The normalized spacial score (nSPS) is 37.5. The third kappa shape index (κ3) is 1.67. The molecule has 0 aromatic rings. The summed E-state index contributed by atoms with van der Waals surface area (Å²) in [5.74, 6) is 2.20. The minimum absolute atomic E-state index is 0.350. The average Bonchev–Trinajstić information content (AvgIpc) is 2.48. The Kier molecular flexibility index (Phi) is 2.72. The topological polar surface area (TPSA) is 26.0 Å². The van der Waals surface area contributed by atoms with Crippen LogP contribution in [0.5, 0.6) is 0 Å². The smallest absolute Gasteiger partial charge is 0.0862 e. The van der Waals surface area contributed by atoms with E-state index in [1.165, 1.54) is 0 Å². The maximum Gasteiger partial charge on any atom is 0.0862 e. The molecule has 2 rings (SSSR count). The highest BCUT2D eigenvalue weighted by molar-refractivity contribution is 8.02. The van der Waals surface area contributed by atoms with Crippen molar-refractivity contribution in [2.24, 2.45) is 17.6 Å². The molecule has 0 aromatic heterocycles. The summed E-state index contributed by atoms with van der Waals surface area (Å²) in [6, 6.07) is 0. The monoisotopic (exact) mass is 229 g/mol. The zero-order valence-electron chi connectivity index (χ0n) is 7.10. The van der Waals surface area contributed by atoms with Crippen molar-refractivity contribution >= 4 is 46.1 Å². The lowest BCUT2D eigenvalue weighted by Crippen LogP contribution is -2.33. The Morgan fingerprint density at radius 1 is 1.62 bits per heavy atom. The van der Waals surface area contributed by atoms with Gasteiger partial charge >= 0.3 is 0 Å². The number of thiocarbonyl (C=S) groups is 2. The highest BCUT2D eigenvalue weighted by atomic mass is 32.2. The van der Waals surface area contributed by atoms with E-state index in [0.29, 0.717) is 22.1 Å². The van der Waals surface area contributed by atoms with Crippen molar-refractivity contribution < 1.29 is 0 Å². The van der Waals surface area contributed by atoms with E-state index in [1.54, 1.807) is 0 Å². The van der Waals surface area contributed by atoms with Crippen LogP contribution in [-0.2, 0) is 0 Å². The lowest BCUT2D eigenvalue weighted by atomic mass is 9.82. The van der Waals surface area contributed by atoms with Crippen molar-refractivity contribution in [3.8, 4) is 0 Å². The molecule has 1 saturated heterocycles. The van der Waals surface area contributed by atoms with E-state index >= 15 is 0 Å². The second kappa shape index (κ2) is 3.67. The SMILES string of the molecule is NC(=S)C1SCC2C(=S)C=CCC21. The van der Waals surface area contributed by atoms with Crippen LogP contribution in [0.3, 0.4) is 0 Å². The fraction of sp³-hybridized carbons (Fsp3) is 0.556. The van der Waals surface area contributed by atoms with Crippen LogP contribution in [0.2, 0.25) is 0 Å². The van der Waals surface area contributed by atoms with Crippen LogP contribution in [0.1, 0.15) is 6.42 Å². The fourth-order valence-corrected chi connectivity index (χ4v) is 4.40. The standard InChI is InChI=1S/C9H11NS3/c10-9(12)8-5-2-1-3-7(11)6(5)4-13-8/h1,3,5-6,8H,2,4H2,(H2,10,12). The second-order valence-electron chi connectivity index (χ2n) is 3.47. The van der Waals surface area contributed by atoms with Gasteiger partial charge in [-0.15, -0.1) is 0 Å². The molecule has 1 aliphatic carbocycles. The summed E-state index contributed by atoms with van der Waals surface area (Å²) >= 11 is 12.2. The second-order valence-corrected chi connectivity index (χ2v) is 5.58. The maximum absolute atomic E-state index is 5.69. The van der Waals surface area contributed by atoms with Gasteiger partial charge < -0.3 is 5.73 Å². The van der Waals surface area contributed by atoms with Crippen LogP contribution in [0.25, 0.3) is 0 Å². The molecule has 0 bridgehead atoms. The molecule has 0 radical (unpaired) electrons. The van der Waals surface area contributed by atoms with Crippen molar-refractivity contribution in [1.82, 2.24) is 0 Å². The van der Waals surface area contributed by atoms with Gasteiger partial charge in [0, 0.05) is 16.5 Å². The van der Waals surface area contributed by atoms with E-state index in [1.807, 2.05) is 11.8 Å². The Morgan fingerprint density at radius 3 is 3.08 bits per heavy atom. The molecule has 2 aliphatic rings. The molecule has 0 amide bonds. The predicted octanol–water partition coefficient (Wildman–Crippen LogP) is 1.95. The van der Waals surface area contributed by atoms with E-state index < -0.39 is 0 Å². The van der Waals surface area contributed by atoms with E-state index in [9.17, 15) is 0 Å². The van der Waals surface area contributed by atoms with Crippen molar-refractivity contribution in [2.75, 3.05) is 5.75 Å². The Balaban J connectivity index is 2.21. The summed E-state index contributed by atoms with van der Waals surface area (Å²) in [6.45, 7) is 0. The minimum Gasteiger partial charge on any atom is -0.392 e. The summed E-state index contributed by atoms with van der Waals surface area (Å²) in [4.78, 5) is 1.73. The number of rotatable bonds is 1. The number of hydrogen-bond acceptors (Lipinski definition) is 3. The molecule has 13 heavy (non-hydrogen) atoms. The van der Waals surface area contributed by atoms with Crippen LogP contribution in [-0.4, -0.2) is 20.9 Å². The molecule has 0 saturated carbocycles. The first-order chi connectivity index (χ1) is 6.20. The number of hydrogen-bond donors (Lipinski definition) is 1. The van der Waals surface area contributed by atoms with E-state index in [2.05, 4.69) is 12.2 Å². The number of thioether (sulfide) groups is 1. The van der Waals surface area contributed by atoms with Gasteiger partial charge in [0.25, 0.3) is 0 Å². The molecule has 0 spiro atoms. The summed E-state index contributed by atoms with van der Waals surface area (Å²) in [7, 11) is 0. The summed E-state index contributed by atoms with van der Waals surface area (Å²) < 4.78 is 0. The summed E-state index contributed by atoms with van der Waals surface area (Å²) in [5, 5.41) is 0.350. The molecular formula is C9H11NS3. The lowest BCUT2D eigenvalue weighted by Gasteiger charge is -2.24. The molecule has 1 nitrogen and oxygen atoms in total. The Hall–Kier alpha value is 0.0700. The van der Waals surface area contributed by atoms with Gasteiger partial charge in [0.15, 0.2) is 0 Å². The summed E-state index contributed by atoms with van der Waals surface area (Å²) in [5.41, 5.74) is 5.69. The zero-order valence-corrected chi connectivity index (χ0v) is 9.55. The third-order valence-corrected chi connectivity index (χ3v) is 5.05. The van der Waals surface area contributed by atoms with Crippen molar-refractivity contribution in [1.29, 1.82) is 0 Å². The minimum atomic E-state index is 0.350. The van der Waals surface area contributed by atoms with Gasteiger partial charge in [-0.1, -0.05) is 36.6 Å². The maximum atomic E-state index is 5.69. The molecule has 1 heterocycles. The Labute approximate surface area is 93.1 Å². The number of fused-ring (bicyclic) bond motifs is 1. The Morgan fingerprint density at radius 2 is 2.38 bits per heavy atom. The Bertz CT molecular complexity index is 285. The molecule has 4 heteroatoms. The van der Waals surface area contributed by atoms with Crippen LogP contribution >= 0.6 is 36.2 Å². The van der Waals surface area contributed by atoms with Gasteiger partial charge in [-0.25, -0.2) is 0 Å². The van der Waals surface area contributed by atoms with Crippen LogP contribution in [0.4, 0.5) is 0 Å². The first kappa shape index (κ1) is 9.62. The van der Waals surface area contributed by atoms with Crippen LogP contribution < -0.4 is 5.73 Å². The van der Waals surface area contributed by atoms with E-state index in [0.717, 1.165) is 17.0 Å². The lowest BCUT2D eigenvalue weighted by molar-refractivity contribution is 0.498.